The number of esters is 1. The Bertz CT molecular complexity index is 1770. The number of carbonyl (C=O) groups excluding carboxylic acids is 1. The minimum absolute atomic E-state index is 0.197. The molecule has 0 aliphatic carbocycles. The van der Waals surface area contributed by atoms with Crippen molar-refractivity contribution in [2.45, 2.75) is 19.9 Å². The monoisotopic (exact) mass is 568 g/mol. The van der Waals surface area contributed by atoms with Gasteiger partial charge in [0, 0.05) is 16.7 Å². The zero-order valence-electron chi connectivity index (χ0n) is 20.7. The van der Waals surface area contributed by atoms with Crippen LogP contribution in [-0.4, -0.2) is 24.3 Å². The normalized spacial score (nSPS) is 15.3. The van der Waals surface area contributed by atoms with Crippen LogP contribution in [0.25, 0.3) is 17.4 Å². The smallest absolute Gasteiger partial charge is 0.338 e. The number of hydrogen-bond donors (Lipinski definition) is 0. The summed E-state index contributed by atoms with van der Waals surface area (Å²) in [4.78, 5) is 31.8. The lowest BCUT2D eigenvalue weighted by Crippen LogP contribution is -2.39. The van der Waals surface area contributed by atoms with Crippen molar-refractivity contribution in [3.05, 3.63) is 107 Å². The number of halogens is 2. The van der Waals surface area contributed by atoms with Gasteiger partial charge in [0.05, 0.1) is 40.6 Å². The zero-order valence-corrected chi connectivity index (χ0v) is 23.0. The molecule has 4 aromatic rings. The van der Waals surface area contributed by atoms with Crippen LogP contribution in [0.3, 0.4) is 0 Å². The van der Waals surface area contributed by atoms with Gasteiger partial charge in [-0.25, -0.2) is 9.79 Å². The van der Waals surface area contributed by atoms with Crippen molar-refractivity contribution in [1.82, 2.24) is 4.57 Å². The largest absolute Gasteiger partial charge is 0.497 e. The van der Waals surface area contributed by atoms with Crippen LogP contribution in [0.2, 0.25) is 10.0 Å². The molecule has 38 heavy (non-hydrogen) atoms. The van der Waals surface area contributed by atoms with E-state index in [9.17, 15) is 9.59 Å². The molecule has 0 saturated heterocycles. The second-order valence-corrected chi connectivity index (χ2v) is 10.3. The average molecular weight is 569 g/mol. The molecule has 0 radical (unpaired) electrons. The number of aromatic nitrogens is 1. The Kier molecular flexibility index (Phi) is 7.29. The van der Waals surface area contributed by atoms with Gasteiger partial charge in [0.2, 0.25) is 0 Å². The number of furan rings is 1. The first kappa shape index (κ1) is 26.0. The molecule has 194 valence electrons. The predicted octanol–water partition coefficient (Wildman–Crippen LogP) is 5.37. The lowest BCUT2D eigenvalue weighted by Gasteiger charge is -2.24. The number of rotatable bonds is 6. The summed E-state index contributed by atoms with van der Waals surface area (Å²) in [5.41, 5.74) is 1.82. The second-order valence-electron chi connectivity index (χ2n) is 8.41. The molecule has 0 spiro atoms. The standard InChI is InChI=1S/C28H22Cl2N2O5S/c1-4-36-27(34)24-15(2)31-28-32(25(24)16-6-5-7-18(12-16)35-3)26(33)23(38-28)14-19-9-11-22(37-19)20-13-17(29)8-10-21(20)30/h5-14,25H,4H2,1-3H3/b23-14-. The highest BCUT2D eigenvalue weighted by atomic mass is 35.5. The fraction of sp³-hybridized carbons (Fsp3) is 0.179. The highest BCUT2D eigenvalue weighted by Crippen LogP contribution is 2.33. The summed E-state index contributed by atoms with van der Waals surface area (Å²) in [6.45, 7) is 3.67. The van der Waals surface area contributed by atoms with E-state index in [1.807, 2.05) is 12.1 Å². The van der Waals surface area contributed by atoms with Gasteiger partial charge in [0.1, 0.15) is 17.3 Å². The molecule has 0 fully saturated rings. The van der Waals surface area contributed by atoms with E-state index in [0.717, 1.165) is 0 Å². The first-order valence-corrected chi connectivity index (χ1v) is 13.3. The first-order valence-electron chi connectivity index (χ1n) is 11.7. The molecule has 3 heterocycles. The number of thiazole rings is 1. The van der Waals surface area contributed by atoms with Gasteiger partial charge < -0.3 is 13.9 Å². The molecule has 10 heteroatoms. The van der Waals surface area contributed by atoms with Crippen LogP contribution >= 0.6 is 34.5 Å². The van der Waals surface area contributed by atoms with Crippen LogP contribution in [-0.2, 0) is 9.53 Å². The fourth-order valence-corrected chi connectivity index (χ4v) is 5.72. The van der Waals surface area contributed by atoms with Crippen molar-refractivity contribution in [2.75, 3.05) is 13.7 Å². The predicted molar refractivity (Wildman–Crippen MR) is 148 cm³/mol. The molecule has 0 saturated carbocycles. The zero-order chi connectivity index (χ0) is 27.0. The summed E-state index contributed by atoms with van der Waals surface area (Å²) in [6.07, 6.45) is 1.65. The van der Waals surface area contributed by atoms with Crippen LogP contribution in [0.15, 0.2) is 80.1 Å². The second kappa shape index (κ2) is 10.6. The maximum Gasteiger partial charge on any atom is 0.338 e. The van der Waals surface area contributed by atoms with Crippen molar-refractivity contribution in [3.8, 4) is 17.1 Å². The summed E-state index contributed by atoms with van der Waals surface area (Å²) >= 11 is 13.7. The number of allylic oxidation sites excluding steroid dienone is 1. The van der Waals surface area contributed by atoms with E-state index >= 15 is 0 Å². The summed E-state index contributed by atoms with van der Waals surface area (Å²) in [7, 11) is 1.56. The molecule has 7 nitrogen and oxygen atoms in total. The van der Waals surface area contributed by atoms with Gasteiger partial charge in [-0.05, 0) is 61.9 Å². The Morgan fingerprint density at radius 3 is 2.76 bits per heavy atom. The molecule has 1 aliphatic rings. The van der Waals surface area contributed by atoms with E-state index in [1.165, 1.54) is 15.9 Å². The van der Waals surface area contributed by atoms with Crippen molar-refractivity contribution in [1.29, 1.82) is 0 Å². The minimum Gasteiger partial charge on any atom is -0.497 e. The van der Waals surface area contributed by atoms with Gasteiger partial charge >= 0.3 is 5.97 Å². The number of carbonyl (C=O) groups is 1. The van der Waals surface area contributed by atoms with Crippen molar-refractivity contribution in [2.24, 2.45) is 4.99 Å². The average Bonchev–Trinajstić information content (AvgIpc) is 3.49. The van der Waals surface area contributed by atoms with E-state index in [0.29, 0.717) is 59.0 Å². The third-order valence-corrected chi connectivity index (χ3v) is 7.57. The Balaban J connectivity index is 1.65. The fourth-order valence-electron chi connectivity index (χ4n) is 4.31. The van der Waals surface area contributed by atoms with Crippen molar-refractivity contribution < 1.29 is 18.7 Å². The van der Waals surface area contributed by atoms with Crippen LogP contribution in [0, 0.1) is 0 Å². The number of fused-ring (bicyclic) bond motifs is 1. The third-order valence-electron chi connectivity index (χ3n) is 6.02. The molecule has 0 amide bonds. The number of nitrogens with zero attached hydrogens (tertiary/aromatic N) is 2. The quantitative estimate of drug-likeness (QED) is 0.292. The maximum absolute atomic E-state index is 13.8. The molecule has 0 N–H and O–H groups in total. The van der Waals surface area contributed by atoms with E-state index in [4.69, 9.17) is 37.1 Å². The SMILES string of the molecule is CCOC(=O)C1=C(C)N=c2s/c(=C\c3ccc(-c4cc(Cl)ccc4Cl)o3)c(=O)n2C1c1cccc(OC)c1. The number of benzene rings is 2. The van der Waals surface area contributed by atoms with Gasteiger partial charge in [0.15, 0.2) is 4.80 Å². The third kappa shape index (κ3) is 4.82. The van der Waals surface area contributed by atoms with Gasteiger partial charge in [0.25, 0.3) is 5.56 Å². The Morgan fingerprint density at radius 2 is 2.00 bits per heavy atom. The summed E-state index contributed by atoms with van der Waals surface area (Å²) in [6, 6.07) is 15.1. The first-order chi connectivity index (χ1) is 18.3. The summed E-state index contributed by atoms with van der Waals surface area (Å²) < 4.78 is 18.6. The Labute approximate surface area is 231 Å². The van der Waals surface area contributed by atoms with Gasteiger partial charge in [-0.3, -0.25) is 9.36 Å². The van der Waals surface area contributed by atoms with E-state index < -0.39 is 12.0 Å². The Hall–Kier alpha value is -3.59. The molecule has 1 unspecified atom stereocenters. The summed E-state index contributed by atoms with van der Waals surface area (Å²) in [5, 5.41) is 1.02. The van der Waals surface area contributed by atoms with E-state index in [1.54, 1.807) is 69.5 Å². The van der Waals surface area contributed by atoms with Crippen molar-refractivity contribution >= 4 is 46.6 Å². The van der Waals surface area contributed by atoms with Gasteiger partial charge in [-0.2, -0.15) is 0 Å². The highest BCUT2D eigenvalue weighted by Gasteiger charge is 2.33. The van der Waals surface area contributed by atoms with E-state index in [2.05, 4.69) is 4.99 Å². The maximum atomic E-state index is 13.8. The number of hydrogen-bond acceptors (Lipinski definition) is 7. The molecule has 0 bridgehead atoms. The molecule has 2 aromatic heterocycles. The molecular weight excluding hydrogens is 547 g/mol. The van der Waals surface area contributed by atoms with Crippen molar-refractivity contribution in [3.63, 3.8) is 0 Å². The lowest BCUT2D eigenvalue weighted by molar-refractivity contribution is -0.139. The molecule has 1 atom stereocenters. The summed E-state index contributed by atoms with van der Waals surface area (Å²) in [5.74, 6) is 1.06. The molecule has 1 aliphatic heterocycles. The molecule has 2 aromatic carbocycles. The molecule has 5 rings (SSSR count). The van der Waals surface area contributed by atoms with Crippen LogP contribution in [0.5, 0.6) is 5.75 Å². The van der Waals surface area contributed by atoms with E-state index in [-0.39, 0.29) is 12.2 Å². The van der Waals surface area contributed by atoms with Crippen LogP contribution in [0.1, 0.15) is 31.2 Å². The van der Waals surface area contributed by atoms with Gasteiger partial charge in [-0.15, -0.1) is 0 Å². The minimum atomic E-state index is -0.736. The van der Waals surface area contributed by atoms with Gasteiger partial charge in [-0.1, -0.05) is 46.7 Å². The Morgan fingerprint density at radius 1 is 1.18 bits per heavy atom. The van der Waals surface area contributed by atoms with Crippen LogP contribution in [0.4, 0.5) is 0 Å². The highest BCUT2D eigenvalue weighted by molar-refractivity contribution is 7.07. The topological polar surface area (TPSA) is 83.0 Å². The van der Waals surface area contributed by atoms with Crippen LogP contribution < -0.4 is 19.6 Å². The number of ether oxygens (including phenoxy) is 2. The lowest BCUT2D eigenvalue weighted by atomic mass is 9.95. The molecular formula is C28H22Cl2N2O5S. The number of methoxy groups -OCH3 is 1.